The summed E-state index contributed by atoms with van der Waals surface area (Å²) in [6, 6.07) is 13.5. The van der Waals surface area contributed by atoms with E-state index in [1.165, 1.54) is 0 Å². The van der Waals surface area contributed by atoms with E-state index >= 15 is 0 Å². The normalized spacial score (nSPS) is 19.1. The van der Waals surface area contributed by atoms with Crippen molar-refractivity contribution in [2.75, 3.05) is 26.3 Å². The largest absolute Gasteiger partial charge is 0.362 e. The van der Waals surface area contributed by atoms with E-state index in [9.17, 15) is 9.59 Å². The van der Waals surface area contributed by atoms with Gasteiger partial charge in [-0.3, -0.25) is 14.6 Å². The third-order valence-electron chi connectivity index (χ3n) is 4.62. The van der Waals surface area contributed by atoms with Crippen LogP contribution in [0.25, 0.3) is 0 Å². The lowest BCUT2D eigenvalue weighted by Crippen LogP contribution is -2.35. The molecular weight excluding hydrogens is 344 g/mol. The zero-order valence-electron chi connectivity index (χ0n) is 15.1. The number of carbonyl (C=O) groups excluding carboxylic acids is 2. The van der Waals surface area contributed by atoms with Crippen LogP contribution in [0, 0.1) is 0 Å². The van der Waals surface area contributed by atoms with Gasteiger partial charge in [0, 0.05) is 44.0 Å². The Kier molecular flexibility index (Phi) is 6.51. The minimum Gasteiger partial charge on any atom is -0.362 e. The molecular formula is C20H24N4O3. The maximum atomic E-state index is 12.3. The highest BCUT2D eigenvalue weighted by Crippen LogP contribution is 2.26. The molecule has 1 aromatic carbocycles. The number of nitrogens with one attached hydrogen (secondary N) is 1. The van der Waals surface area contributed by atoms with Crippen LogP contribution < -0.4 is 11.1 Å². The zero-order valence-corrected chi connectivity index (χ0v) is 15.1. The summed E-state index contributed by atoms with van der Waals surface area (Å²) in [4.78, 5) is 29.8. The molecule has 3 rings (SSSR count). The second-order valence-corrected chi connectivity index (χ2v) is 6.61. The van der Waals surface area contributed by atoms with Crippen molar-refractivity contribution in [3.8, 4) is 0 Å². The van der Waals surface area contributed by atoms with Crippen LogP contribution in [-0.4, -0.2) is 54.0 Å². The Labute approximate surface area is 158 Å². The first kappa shape index (κ1) is 19.0. The van der Waals surface area contributed by atoms with Gasteiger partial charge in [0.1, 0.15) is 13.2 Å². The number of carbonyl (C=O) groups is 2. The fourth-order valence-electron chi connectivity index (χ4n) is 3.16. The number of amides is 2. The maximum Gasteiger partial charge on any atom is 0.248 e. The Morgan fingerprint density at radius 2 is 1.96 bits per heavy atom. The van der Waals surface area contributed by atoms with Gasteiger partial charge in [0.05, 0.1) is 0 Å². The average molecular weight is 368 g/mol. The molecule has 142 valence electrons. The highest BCUT2D eigenvalue weighted by molar-refractivity contribution is 5.80. The standard InChI is InChI=1S/C20H24N4O3/c21-18-12-24(11-17(18)16-6-2-1-3-7-16)20(26)14-27-13-19(25)23-10-15-5-4-8-22-9-15/h1-9,17-18H,10-14,21H2,(H,23,25)/t17-,18+/m0/s1. The molecule has 1 fully saturated rings. The van der Waals surface area contributed by atoms with Gasteiger partial charge in [-0.05, 0) is 17.2 Å². The molecule has 2 aromatic rings. The number of benzene rings is 1. The number of nitrogens with zero attached hydrogens (tertiary/aromatic N) is 2. The van der Waals surface area contributed by atoms with E-state index in [1.54, 1.807) is 23.4 Å². The van der Waals surface area contributed by atoms with E-state index < -0.39 is 0 Å². The van der Waals surface area contributed by atoms with E-state index in [0.29, 0.717) is 19.6 Å². The molecule has 2 atom stereocenters. The predicted molar refractivity (Wildman–Crippen MR) is 101 cm³/mol. The van der Waals surface area contributed by atoms with Crippen LogP contribution in [0.2, 0.25) is 0 Å². The number of hydrogen-bond donors (Lipinski definition) is 2. The average Bonchev–Trinajstić information content (AvgIpc) is 3.09. The van der Waals surface area contributed by atoms with E-state index in [1.807, 2.05) is 36.4 Å². The minimum atomic E-state index is -0.271. The highest BCUT2D eigenvalue weighted by Gasteiger charge is 2.33. The summed E-state index contributed by atoms with van der Waals surface area (Å²) >= 11 is 0. The lowest BCUT2D eigenvalue weighted by molar-refractivity contribution is -0.137. The van der Waals surface area contributed by atoms with Crippen molar-refractivity contribution < 1.29 is 14.3 Å². The van der Waals surface area contributed by atoms with Gasteiger partial charge in [-0.25, -0.2) is 0 Å². The summed E-state index contributed by atoms with van der Waals surface area (Å²) in [5.74, 6) is -0.297. The van der Waals surface area contributed by atoms with Crippen molar-refractivity contribution in [3.05, 3.63) is 66.0 Å². The van der Waals surface area contributed by atoms with Crippen LogP contribution in [0.3, 0.4) is 0 Å². The fraction of sp³-hybridized carbons (Fsp3) is 0.350. The summed E-state index contributed by atoms with van der Waals surface area (Å²) in [5, 5.41) is 2.73. The molecule has 0 saturated carbocycles. The molecule has 1 aliphatic heterocycles. The third-order valence-corrected chi connectivity index (χ3v) is 4.62. The molecule has 0 bridgehead atoms. The van der Waals surface area contributed by atoms with Crippen LogP contribution >= 0.6 is 0 Å². The first-order valence-electron chi connectivity index (χ1n) is 8.95. The summed E-state index contributed by atoms with van der Waals surface area (Å²) in [6.45, 7) is 1.15. The van der Waals surface area contributed by atoms with Crippen LogP contribution in [-0.2, 0) is 20.9 Å². The minimum absolute atomic E-state index is 0.0980. The smallest absolute Gasteiger partial charge is 0.248 e. The van der Waals surface area contributed by atoms with Gasteiger partial charge in [0.15, 0.2) is 0 Å². The van der Waals surface area contributed by atoms with Gasteiger partial charge in [0.25, 0.3) is 0 Å². The zero-order chi connectivity index (χ0) is 19.1. The SMILES string of the molecule is N[C@@H]1CN(C(=O)COCC(=O)NCc2cccnc2)C[C@H]1c1ccccc1. The lowest BCUT2D eigenvalue weighted by atomic mass is 9.95. The number of rotatable bonds is 7. The topological polar surface area (TPSA) is 97.5 Å². The number of hydrogen-bond acceptors (Lipinski definition) is 5. The van der Waals surface area contributed by atoms with Gasteiger partial charge in [-0.15, -0.1) is 0 Å². The number of pyridine rings is 1. The molecule has 1 saturated heterocycles. The summed E-state index contributed by atoms with van der Waals surface area (Å²) in [7, 11) is 0. The van der Waals surface area contributed by atoms with Crippen molar-refractivity contribution in [2.24, 2.45) is 5.73 Å². The fourth-order valence-corrected chi connectivity index (χ4v) is 3.16. The summed E-state index contributed by atoms with van der Waals surface area (Å²) < 4.78 is 5.27. The Hall–Kier alpha value is -2.77. The highest BCUT2D eigenvalue weighted by atomic mass is 16.5. The second kappa shape index (κ2) is 9.25. The molecule has 1 aliphatic rings. The first-order chi connectivity index (χ1) is 13.1. The van der Waals surface area contributed by atoms with Crippen molar-refractivity contribution in [1.29, 1.82) is 0 Å². The first-order valence-corrected chi connectivity index (χ1v) is 8.95. The number of aromatic nitrogens is 1. The monoisotopic (exact) mass is 368 g/mol. The number of ether oxygens (including phenoxy) is 1. The molecule has 0 spiro atoms. The molecule has 3 N–H and O–H groups in total. The summed E-state index contributed by atoms with van der Waals surface area (Å²) in [5.41, 5.74) is 8.24. The van der Waals surface area contributed by atoms with E-state index in [4.69, 9.17) is 10.5 Å². The Bertz CT molecular complexity index is 754. The van der Waals surface area contributed by atoms with Crippen molar-refractivity contribution in [2.45, 2.75) is 18.5 Å². The van der Waals surface area contributed by atoms with Crippen molar-refractivity contribution in [3.63, 3.8) is 0 Å². The number of likely N-dealkylation sites (tertiary alicyclic amines) is 1. The van der Waals surface area contributed by atoms with Crippen LogP contribution in [0.15, 0.2) is 54.9 Å². The van der Waals surface area contributed by atoms with E-state index in [2.05, 4.69) is 10.3 Å². The van der Waals surface area contributed by atoms with Gasteiger partial charge in [-0.2, -0.15) is 0 Å². The quantitative estimate of drug-likeness (QED) is 0.749. The number of nitrogens with two attached hydrogens (primary N) is 1. The van der Waals surface area contributed by atoms with E-state index in [0.717, 1.165) is 11.1 Å². The maximum absolute atomic E-state index is 12.3. The van der Waals surface area contributed by atoms with Crippen molar-refractivity contribution in [1.82, 2.24) is 15.2 Å². The Morgan fingerprint density at radius 1 is 1.15 bits per heavy atom. The Morgan fingerprint density at radius 3 is 2.70 bits per heavy atom. The molecule has 1 aromatic heterocycles. The molecule has 0 radical (unpaired) electrons. The van der Waals surface area contributed by atoms with Gasteiger partial charge < -0.3 is 20.7 Å². The lowest BCUT2D eigenvalue weighted by Gasteiger charge is -2.16. The molecule has 7 nitrogen and oxygen atoms in total. The third kappa shape index (κ3) is 5.35. The molecule has 0 aliphatic carbocycles. The predicted octanol–water partition coefficient (Wildman–Crippen LogP) is 0.668. The van der Waals surface area contributed by atoms with E-state index in [-0.39, 0.29) is 37.0 Å². The van der Waals surface area contributed by atoms with Gasteiger partial charge in [0.2, 0.25) is 11.8 Å². The molecule has 2 heterocycles. The van der Waals surface area contributed by atoms with Gasteiger partial charge in [-0.1, -0.05) is 36.4 Å². The molecule has 7 heteroatoms. The molecule has 0 unspecified atom stereocenters. The molecule has 27 heavy (non-hydrogen) atoms. The second-order valence-electron chi connectivity index (χ2n) is 6.61. The van der Waals surface area contributed by atoms with Crippen molar-refractivity contribution >= 4 is 11.8 Å². The van der Waals surface area contributed by atoms with Crippen LogP contribution in [0.4, 0.5) is 0 Å². The van der Waals surface area contributed by atoms with Gasteiger partial charge >= 0.3 is 0 Å². The van der Waals surface area contributed by atoms with Crippen LogP contribution in [0.5, 0.6) is 0 Å². The Balaban J connectivity index is 1.39. The summed E-state index contributed by atoms with van der Waals surface area (Å²) in [6.07, 6.45) is 3.36. The molecule has 2 amide bonds. The van der Waals surface area contributed by atoms with Crippen LogP contribution in [0.1, 0.15) is 17.0 Å².